The number of carbonyl (C=O) groups excluding carboxylic acids is 3. The highest BCUT2D eigenvalue weighted by Crippen LogP contribution is 2.23. The quantitative estimate of drug-likeness (QED) is 0.633. The number of rotatable bonds is 4. The first kappa shape index (κ1) is 20.4. The van der Waals surface area contributed by atoms with Crippen LogP contribution < -0.4 is 5.32 Å². The number of piperazine rings is 1. The lowest BCUT2D eigenvalue weighted by Crippen LogP contribution is -2.57. The smallest absolute Gasteiger partial charge is 0.289 e. The van der Waals surface area contributed by atoms with Crippen LogP contribution in [0.1, 0.15) is 62.9 Å². The van der Waals surface area contributed by atoms with Crippen molar-refractivity contribution >= 4 is 17.7 Å². The number of hydrogen-bond donors (Lipinski definition) is 1. The molecule has 1 aromatic heterocycles. The summed E-state index contributed by atoms with van der Waals surface area (Å²) in [5, 5.41) is 3.10. The summed E-state index contributed by atoms with van der Waals surface area (Å²) >= 11 is 0. The van der Waals surface area contributed by atoms with Crippen molar-refractivity contribution in [1.29, 1.82) is 0 Å². The molecule has 1 saturated carbocycles. The molecule has 2 fully saturated rings. The second-order valence-electron chi connectivity index (χ2n) is 8.35. The van der Waals surface area contributed by atoms with E-state index >= 15 is 0 Å². The molecule has 2 aliphatic rings. The van der Waals surface area contributed by atoms with Crippen LogP contribution in [0.2, 0.25) is 0 Å². The zero-order valence-corrected chi connectivity index (χ0v) is 16.9. The Kier molecular flexibility index (Phi) is 6.42. The van der Waals surface area contributed by atoms with Gasteiger partial charge in [-0.1, -0.05) is 25.7 Å². The van der Waals surface area contributed by atoms with Crippen LogP contribution in [0.3, 0.4) is 0 Å². The van der Waals surface area contributed by atoms with E-state index in [1.807, 2.05) is 0 Å². The Morgan fingerprint density at radius 3 is 2.18 bits per heavy atom. The summed E-state index contributed by atoms with van der Waals surface area (Å²) < 4.78 is 5.16. The van der Waals surface area contributed by atoms with E-state index in [-0.39, 0.29) is 23.8 Å². The van der Waals surface area contributed by atoms with Crippen molar-refractivity contribution in [3.05, 3.63) is 24.2 Å². The highest BCUT2D eigenvalue weighted by atomic mass is 16.3. The number of hydrogen-bond acceptors (Lipinski definition) is 4. The van der Waals surface area contributed by atoms with Gasteiger partial charge >= 0.3 is 0 Å². The fraction of sp³-hybridized carbons (Fsp3) is 0.667. The number of furan rings is 1. The zero-order valence-electron chi connectivity index (χ0n) is 16.9. The fourth-order valence-electron chi connectivity index (χ4n) is 3.95. The van der Waals surface area contributed by atoms with Gasteiger partial charge in [-0.2, -0.15) is 0 Å². The Morgan fingerprint density at radius 2 is 1.61 bits per heavy atom. The van der Waals surface area contributed by atoms with Crippen molar-refractivity contribution in [3.8, 4) is 0 Å². The molecule has 1 aromatic rings. The Hall–Kier alpha value is -2.31. The third kappa shape index (κ3) is 4.56. The Labute approximate surface area is 166 Å². The van der Waals surface area contributed by atoms with Gasteiger partial charge in [-0.25, -0.2) is 0 Å². The van der Waals surface area contributed by atoms with E-state index in [2.05, 4.69) is 5.32 Å². The zero-order chi connectivity index (χ0) is 20.1. The third-order valence-electron chi connectivity index (χ3n) is 5.88. The maximum atomic E-state index is 13.0. The van der Waals surface area contributed by atoms with Gasteiger partial charge in [-0.3, -0.25) is 14.4 Å². The molecule has 1 N–H and O–H groups in total. The van der Waals surface area contributed by atoms with Gasteiger partial charge in [-0.15, -0.1) is 0 Å². The maximum absolute atomic E-state index is 13.0. The number of nitrogens with zero attached hydrogens (tertiary/aromatic N) is 2. The van der Waals surface area contributed by atoms with Crippen molar-refractivity contribution in [2.45, 2.75) is 58.4 Å². The Morgan fingerprint density at radius 1 is 1.00 bits per heavy atom. The second-order valence-corrected chi connectivity index (χ2v) is 8.35. The molecule has 3 amide bonds. The summed E-state index contributed by atoms with van der Waals surface area (Å²) in [7, 11) is 0. The molecule has 0 bridgehead atoms. The molecule has 0 spiro atoms. The summed E-state index contributed by atoms with van der Waals surface area (Å²) in [6.07, 6.45) is 8.15. The Balaban J connectivity index is 1.54. The summed E-state index contributed by atoms with van der Waals surface area (Å²) in [4.78, 5) is 41.6. The van der Waals surface area contributed by atoms with Gasteiger partial charge < -0.3 is 19.5 Å². The van der Waals surface area contributed by atoms with Gasteiger partial charge in [0.25, 0.3) is 5.91 Å². The minimum Gasteiger partial charge on any atom is -0.459 e. The molecule has 1 saturated heterocycles. The summed E-state index contributed by atoms with van der Waals surface area (Å²) in [6, 6.07) is 3.49. The molecule has 3 rings (SSSR count). The van der Waals surface area contributed by atoms with Crippen molar-refractivity contribution in [2.24, 2.45) is 5.41 Å². The molecule has 0 aromatic carbocycles. The van der Waals surface area contributed by atoms with Crippen LogP contribution in [0.4, 0.5) is 0 Å². The monoisotopic (exact) mass is 389 g/mol. The molecule has 7 heteroatoms. The van der Waals surface area contributed by atoms with E-state index in [0.29, 0.717) is 31.9 Å². The minimum absolute atomic E-state index is 0.164. The van der Waals surface area contributed by atoms with E-state index in [9.17, 15) is 14.4 Å². The largest absolute Gasteiger partial charge is 0.459 e. The molecule has 0 atom stereocenters. The molecule has 154 valence electrons. The number of carbonyl (C=O) groups is 3. The third-order valence-corrected chi connectivity index (χ3v) is 5.88. The molecular weight excluding hydrogens is 358 g/mol. The van der Waals surface area contributed by atoms with Crippen molar-refractivity contribution in [2.75, 3.05) is 26.2 Å². The van der Waals surface area contributed by atoms with Gasteiger partial charge in [-0.05, 0) is 38.8 Å². The van der Waals surface area contributed by atoms with Crippen LogP contribution in [-0.4, -0.2) is 59.7 Å². The molecule has 28 heavy (non-hydrogen) atoms. The molecular formula is C21H31N3O4. The lowest BCUT2D eigenvalue weighted by Gasteiger charge is -2.38. The van der Waals surface area contributed by atoms with Crippen LogP contribution in [0.5, 0.6) is 0 Å². The first-order valence-electron chi connectivity index (χ1n) is 10.3. The highest BCUT2D eigenvalue weighted by Gasteiger charge is 2.41. The van der Waals surface area contributed by atoms with Crippen molar-refractivity contribution in [3.63, 3.8) is 0 Å². The number of amides is 3. The lowest BCUT2D eigenvalue weighted by atomic mass is 9.89. The molecule has 1 aliphatic carbocycles. The predicted octanol–water partition coefficient (Wildman–Crippen LogP) is 2.43. The predicted molar refractivity (Wildman–Crippen MR) is 105 cm³/mol. The van der Waals surface area contributed by atoms with Gasteiger partial charge in [0.1, 0.15) is 5.41 Å². The number of nitrogens with one attached hydrogen (secondary N) is 1. The molecule has 2 heterocycles. The van der Waals surface area contributed by atoms with Gasteiger partial charge in [0.05, 0.1) is 6.26 Å². The maximum Gasteiger partial charge on any atom is 0.289 e. The van der Waals surface area contributed by atoms with Gasteiger partial charge in [0.2, 0.25) is 11.8 Å². The van der Waals surface area contributed by atoms with E-state index in [1.54, 1.807) is 35.8 Å². The topological polar surface area (TPSA) is 82.9 Å². The van der Waals surface area contributed by atoms with Crippen LogP contribution in [0.15, 0.2) is 22.8 Å². The highest BCUT2D eigenvalue weighted by molar-refractivity contribution is 6.04. The van der Waals surface area contributed by atoms with Gasteiger partial charge in [0.15, 0.2) is 5.76 Å². The van der Waals surface area contributed by atoms with Crippen LogP contribution in [0, 0.1) is 5.41 Å². The lowest BCUT2D eigenvalue weighted by molar-refractivity contribution is -0.150. The van der Waals surface area contributed by atoms with Crippen molar-refractivity contribution < 1.29 is 18.8 Å². The van der Waals surface area contributed by atoms with Crippen LogP contribution in [0.25, 0.3) is 0 Å². The molecule has 0 radical (unpaired) electrons. The standard InChI is InChI=1S/C21H31N3O4/c1-21(2,19(26)22-16-8-5-3-4-6-9-16)20(27)24-13-11-23(12-14-24)18(25)17-10-7-15-28-17/h7,10,15-16H,3-6,8-9,11-14H2,1-2H3,(H,22,26). The molecule has 1 aliphatic heterocycles. The first-order valence-corrected chi connectivity index (χ1v) is 10.3. The van der Waals surface area contributed by atoms with Crippen LogP contribution >= 0.6 is 0 Å². The van der Waals surface area contributed by atoms with Crippen LogP contribution in [-0.2, 0) is 9.59 Å². The average Bonchev–Trinajstić information content (AvgIpc) is 3.12. The van der Waals surface area contributed by atoms with E-state index in [1.165, 1.54) is 19.1 Å². The molecule has 0 unspecified atom stereocenters. The van der Waals surface area contributed by atoms with E-state index in [0.717, 1.165) is 25.7 Å². The first-order chi connectivity index (χ1) is 13.4. The van der Waals surface area contributed by atoms with Crippen molar-refractivity contribution in [1.82, 2.24) is 15.1 Å². The minimum atomic E-state index is -1.11. The normalized spacial score (nSPS) is 19.2. The molecule has 7 nitrogen and oxygen atoms in total. The SMILES string of the molecule is CC(C)(C(=O)NC1CCCCCC1)C(=O)N1CCN(C(=O)c2ccco2)CC1. The Bertz CT molecular complexity index is 683. The summed E-state index contributed by atoms with van der Waals surface area (Å²) in [5.74, 6) is -0.229. The van der Waals surface area contributed by atoms with E-state index in [4.69, 9.17) is 4.42 Å². The van der Waals surface area contributed by atoms with E-state index < -0.39 is 5.41 Å². The summed E-state index contributed by atoms with van der Waals surface area (Å²) in [6.45, 7) is 5.11. The average molecular weight is 389 g/mol. The van der Waals surface area contributed by atoms with Gasteiger partial charge in [0, 0.05) is 32.2 Å². The summed E-state index contributed by atoms with van der Waals surface area (Å²) in [5.41, 5.74) is -1.11. The fourth-order valence-corrected chi connectivity index (χ4v) is 3.95. The second kappa shape index (κ2) is 8.80.